The molecule has 11 nitrogen and oxygen atoms in total. The lowest BCUT2D eigenvalue weighted by atomic mass is 9.95. The van der Waals surface area contributed by atoms with Gasteiger partial charge >= 0.3 is 5.97 Å². The predicted molar refractivity (Wildman–Crippen MR) is 232 cm³/mol. The van der Waals surface area contributed by atoms with Gasteiger partial charge in [0.15, 0.2) is 11.5 Å². The molecular formula is C49H60N4O7. The molecular weight excluding hydrogens is 757 g/mol. The molecule has 0 N–H and O–H groups in total. The number of benzene rings is 3. The smallest absolute Gasteiger partial charge is 0.338 e. The van der Waals surface area contributed by atoms with E-state index in [0.29, 0.717) is 102 Å². The minimum atomic E-state index is -0.317. The molecule has 3 unspecified atom stereocenters. The molecule has 5 aromatic rings. The van der Waals surface area contributed by atoms with Crippen LogP contribution in [0.1, 0.15) is 121 Å². The Labute approximate surface area is 354 Å². The molecule has 60 heavy (non-hydrogen) atoms. The third kappa shape index (κ3) is 11.2. The third-order valence-electron chi connectivity index (χ3n) is 11.5. The van der Waals surface area contributed by atoms with E-state index in [0.717, 1.165) is 68.9 Å². The number of rotatable bonds is 25. The maximum Gasteiger partial charge on any atom is 0.338 e. The number of allylic oxidation sites excluding steroid dienone is 2. The van der Waals surface area contributed by atoms with Gasteiger partial charge in [0, 0.05) is 22.3 Å². The number of nitrogens with zero attached hydrogens (tertiary/aromatic N) is 4. The van der Waals surface area contributed by atoms with Gasteiger partial charge in [0.1, 0.15) is 0 Å². The molecule has 0 spiro atoms. The molecule has 2 aliphatic rings. The third-order valence-corrected chi connectivity index (χ3v) is 11.5. The van der Waals surface area contributed by atoms with Crippen molar-refractivity contribution >= 4 is 5.97 Å². The molecule has 2 aromatic heterocycles. The monoisotopic (exact) mass is 816 g/mol. The molecule has 3 aromatic carbocycles. The van der Waals surface area contributed by atoms with Crippen LogP contribution in [-0.2, 0) is 4.74 Å². The van der Waals surface area contributed by atoms with Crippen molar-refractivity contribution < 1.29 is 32.6 Å². The zero-order chi connectivity index (χ0) is 41.5. The molecule has 7 rings (SSSR count). The van der Waals surface area contributed by atoms with Crippen LogP contribution in [-0.4, -0.2) is 52.8 Å². The van der Waals surface area contributed by atoms with Crippen molar-refractivity contribution in [2.75, 3.05) is 26.4 Å². The number of unbranched alkanes of at least 4 members (excludes halogenated alkanes) is 9. The van der Waals surface area contributed by atoms with Crippen LogP contribution >= 0.6 is 0 Å². The summed E-state index contributed by atoms with van der Waals surface area (Å²) in [7, 11) is 0. The van der Waals surface area contributed by atoms with E-state index in [-0.39, 0.29) is 5.97 Å². The average Bonchev–Trinajstić information content (AvgIpc) is 4.13. The van der Waals surface area contributed by atoms with E-state index in [9.17, 15) is 4.79 Å². The molecule has 0 saturated heterocycles. The van der Waals surface area contributed by atoms with Gasteiger partial charge < -0.3 is 27.8 Å². The van der Waals surface area contributed by atoms with Crippen LogP contribution in [0.25, 0.3) is 45.8 Å². The SMILES string of the molecule is CCCCCCOc1cc(-c2nnc(-c3ccc(-c4nnc(-c5ccc(C(=O)OCC6CC7C=CC6C7)cc5)o4)cc3)o2)cc(OCCCCCC)c1OCCCCCC. The van der Waals surface area contributed by atoms with Gasteiger partial charge in [-0.25, -0.2) is 4.79 Å². The highest BCUT2D eigenvalue weighted by atomic mass is 16.5. The van der Waals surface area contributed by atoms with Gasteiger partial charge in [-0.3, -0.25) is 0 Å². The van der Waals surface area contributed by atoms with Crippen LogP contribution in [0.4, 0.5) is 0 Å². The Morgan fingerprint density at radius 1 is 0.567 bits per heavy atom. The standard InChI is InChI=1S/C49H60N4O7/c1-4-7-10-13-26-55-42-31-40(32-43(56-27-14-11-8-5-2)44(42)57-28-15-12-9-6-3)48-53-52-47(60-48)36-20-18-35(19-21-36)45-50-51-46(59-45)37-22-24-38(25-23-37)49(54)58-33-41-30-34-16-17-39(41)29-34/h16-25,31-32,34,39,41H,4-15,26-30,33H2,1-3H3. The number of carbonyl (C=O) groups is 1. The van der Waals surface area contributed by atoms with Crippen molar-refractivity contribution in [2.45, 2.75) is 111 Å². The zero-order valence-electron chi connectivity index (χ0n) is 35.5. The summed E-state index contributed by atoms with van der Waals surface area (Å²) < 4.78 is 37.2. The summed E-state index contributed by atoms with van der Waals surface area (Å²) in [6, 6.07) is 18.4. The van der Waals surface area contributed by atoms with Crippen LogP contribution in [0.5, 0.6) is 17.2 Å². The fourth-order valence-corrected chi connectivity index (χ4v) is 7.95. The van der Waals surface area contributed by atoms with E-state index >= 15 is 0 Å². The first kappa shape index (κ1) is 42.7. The maximum atomic E-state index is 12.7. The fraction of sp³-hybridized carbons (Fsp3) is 0.490. The fourth-order valence-electron chi connectivity index (χ4n) is 7.95. The van der Waals surface area contributed by atoms with Gasteiger partial charge in [-0.2, -0.15) is 0 Å². The van der Waals surface area contributed by atoms with Crippen molar-refractivity contribution in [3.05, 3.63) is 78.4 Å². The van der Waals surface area contributed by atoms with Crippen molar-refractivity contribution in [2.24, 2.45) is 17.8 Å². The van der Waals surface area contributed by atoms with Crippen LogP contribution in [0.3, 0.4) is 0 Å². The summed E-state index contributed by atoms with van der Waals surface area (Å²) in [6.45, 7) is 8.83. The first-order valence-corrected chi connectivity index (χ1v) is 22.3. The van der Waals surface area contributed by atoms with Crippen molar-refractivity contribution in [1.29, 1.82) is 0 Å². The lowest BCUT2D eigenvalue weighted by Gasteiger charge is -2.18. The molecule has 1 fully saturated rings. The molecule has 0 radical (unpaired) electrons. The number of carbonyl (C=O) groups excluding carboxylic acids is 1. The number of ether oxygens (including phenoxy) is 4. The van der Waals surface area contributed by atoms with Crippen molar-refractivity contribution in [3.8, 4) is 63.1 Å². The summed E-state index contributed by atoms with van der Waals surface area (Å²) in [6.07, 6.45) is 20.1. The molecule has 0 aliphatic heterocycles. The van der Waals surface area contributed by atoms with E-state index in [1.807, 2.05) is 36.4 Å². The summed E-state index contributed by atoms with van der Waals surface area (Å²) in [4.78, 5) is 12.7. The topological polar surface area (TPSA) is 132 Å². The zero-order valence-corrected chi connectivity index (χ0v) is 35.5. The van der Waals surface area contributed by atoms with Crippen LogP contribution in [0.2, 0.25) is 0 Å². The highest BCUT2D eigenvalue weighted by molar-refractivity contribution is 5.90. The molecule has 318 valence electrons. The number of aromatic nitrogens is 4. The van der Waals surface area contributed by atoms with Crippen LogP contribution < -0.4 is 14.2 Å². The van der Waals surface area contributed by atoms with Gasteiger partial charge in [-0.15, -0.1) is 20.4 Å². The Morgan fingerprint density at radius 3 is 1.48 bits per heavy atom. The Balaban J connectivity index is 1.02. The molecule has 0 amide bonds. The maximum absolute atomic E-state index is 12.7. The number of hydrogen-bond acceptors (Lipinski definition) is 11. The molecule has 2 aliphatic carbocycles. The number of fused-ring (bicyclic) bond motifs is 2. The average molecular weight is 817 g/mol. The Kier molecular flexibility index (Phi) is 15.4. The molecule has 3 atom stereocenters. The van der Waals surface area contributed by atoms with Gasteiger partial charge in [-0.05, 0) is 111 Å². The number of hydrogen-bond donors (Lipinski definition) is 0. The Bertz CT molecular complexity index is 2090. The van der Waals surface area contributed by atoms with Gasteiger partial charge in [-0.1, -0.05) is 90.7 Å². The van der Waals surface area contributed by atoms with Gasteiger partial charge in [0.05, 0.1) is 32.0 Å². The van der Waals surface area contributed by atoms with Crippen LogP contribution in [0, 0.1) is 17.8 Å². The van der Waals surface area contributed by atoms with Gasteiger partial charge in [0.25, 0.3) is 0 Å². The van der Waals surface area contributed by atoms with E-state index in [4.69, 9.17) is 27.8 Å². The predicted octanol–water partition coefficient (Wildman–Crippen LogP) is 12.4. The Morgan fingerprint density at radius 2 is 1.03 bits per heavy atom. The lowest BCUT2D eigenvalue weighted by molar-refractivity contribution is 0.0420. The van der Waals surface area contributed by atoms with Gasteiger partial charge in [0.2, 0.25) is 29.3 Å². The van der Waals surface area contributed by atoms with E-state index in [2.05, 4.69) is 53.3 Å². The normalized spacial score (nSPS) is 16.7. The molecule has 2 bridgehead atoms. The lowest BCUT2D eigenvalue weighted by Crippen LogP contribution is -2.17. The number of esters is 1. The minimum absolute atomic E-state index is 0.317. The second-order valence-electron chi connectivity index (χ2n) is 16.1. The van der Waals surface area contributed by atoms with E-state index in [1.54, 1.807) is 24.3 Å². The molecule has 11 heteroatoms. The summed E-state index contributed by atoms with van der Waals surface area (Å²) >= 11 is 0. The quantitative estimate of drug-likeness (QED) is 0.0317. The first-order chi connectivity index (χ1) is 29.5. The van der Waals surface area contributed by atoms with Crippen molar-refractivity contribution in [1.82, 2.24) is 20.4 Å². The van der Waals surface area contributed by atoms with E-state index in [1.165, 1.54) is 32.1 Å². The van der Waals surface area contributed by atoms with Crippen molar-refractivity contribution in [3.63, 3.8) is 0 Å². The highest BCUT2D eigenvalue weighted by Crippen LogP contribution is 2.44. The molecule has 1 saturated carbocycles. The summed E-state index contributed by atoms with van der Waals surface area (Å²) in [5.74, 6) is 4.62. The molecule has 2 heterocycles. The summed E-state index contributed by atoms with van der Waals surface area (Å²) in [5, 5.41) is 17.4. The second kappa shape index (κ2) is 21.7. The largest absolute Gasteiger partial charge is 0.490 e. The highest BCUT2D eigenvalue weighted by Gasteiger charge is 2.36. The Hall–Kier alpha value is -5.45. The second-order valence-corrected chi connectivity index (χ2v) is 16.1. The first-order valence-electron chi connectivity index (χ1n) is 22.3. The van der Waals surface area contributed by atoms with Crippen LogP contribution in [0.15, 0.2) is 81.7 Å². The van der Waals surface area contributed by atoms with E-state index < -0.39 is 0 Å². The minimum Gasteiger partial charge on any atom is -0.490 e. The summed E-state index contributed by atoms with van der Waals surface area (Å²) in [5.41, 5.74) is 3.38.